The van der Waals surface area contributed by atoms with E-state index in [1.807, 2.05) is 33.1 Å². The van der Waals surface area contributed by atoms with E-state index < -0.39 is 11.8 Å². The zero-order chi connectivity index (χ0) is 14.1. The number of primary amides is 1. The van der Waals surface area contributed by atoms with Gasteiger partial charge in [-0.2, -0.15) is 0 Å². The van der Waals surface area contributed by atoms with Gasteiger partial charge in [0.05, 0.1) is 0 Å². The molecule has 5 heteroatoms. The summed E-state index contributed by atoms with van der Waals surface area (Å²) in [4.78, 5) is 22.0. The third-order valence-corrected chi connectivity index (χ3v) is 1.82. The summed E-state index contributed by atoms with van der Waals surface area (Å²) in [5.41, 5.74) is 7.06. The molecule has 0 aliphatic rings. The Morgan fingerprint density at radius 3 is 2.06 bits per heavy atom. The van der Waals surface area contributed by atoms with Crippen molar-refractivity contribution >= 4 is 11.8 Å². The predicted molar refractivity (Wildman–Crippen MR) is 69.6 cm³/mol. The topological polar surface area (TPSA) is 98.2 Å². The molecule has 0 radical (unpaired) electrons. The van der Waals surface area contributed by atoms with Gasteiger partial charge in [-0.1, -0.05) is 26.8 Å². The van der Waals surface area contributed by atoms with E-state index in [2.05, 4.69) is 6.58 Å². The summed E-state index contributed by atoms with van der Waals surface area (Å²) in [7, 11) is 0. The molecule has 0 heterocycles. The summed E-state index contributed by atoms with van der Waals surface area (Å²) in [6.45, 7) is 11.2. The van der Waals surface area contributed by atoms with E-state index >= 15 is 0 Å². The molecule has 0 aliphatic carbocycles. The first kappa shape index (κ1) is 18.0. The number of nitrogens with one attached hydrogen (secondary N) is 1. The van der Waals surface area contributed by atoms with Crippen LogP contribution in [0.25, 0.3) is 0 Å². The molecule has 2 amide bonds. The molecule has 0 saturated heterocycles. The summed E-state index contributed by atoms with van der Waals surface area (Å²) < 4.78 is 0. The molecule has 0 spiro atoms. The summed E-state index contributed by atoms with van der Waals surface area (Å²) in [5.74, 6) is 3.76. The third-order valence-electron chi connectivity index (χ3n) is 1.82. The Hall–Kier alpha value is -1.36. The van der Waals surface area contributed by atoms with Crippen LogP contribution < -0.4 is 17.0 Å². The van der Waals surface area contributed by atoms with Gasteiger partial charge in [-0.05, 0) is 18.8 Å². The van der Waals surface area contributed by atoms with Crippen LogP contribution in [-0.2, 0) is 9.59 Å². The van der Waals surface area contributed by atoms with Gasteiger partial charge in [0.25, 0.3) is 0 Å². The monoisotopic (exact) mass is 243 g/mol. The molecule has 5 N–H and O–H groups in total. The molecule has 0 aromatic carbocycles. The van der Waals surface area contributed by atoms with Crippen molar-refractivity contribution in [2.45, 2.75) is 40.5 Å². The average Bonchev–Trinajstić information content (AvgIpc) is 2.14. The zero-order valence-corrected chi connectivity index (χ0v) is 11.2. The number of amides is 2. The number of nitrogens with two attached hydrogens (primary N) is 2. The number of carbonyl (C=O) groups is 2. The first-order chi connectivity index (χ1) is 7.67. The normalized spacial score (nSPS) is 11.8. The zero-order valence-electron chi connectivity index (χ0n) is 11.2. The van der Waals surface area contributed by atoms with Crippen molar-refractivity contribution in [3.63, 3.8) is 0 Å². The maximum absolute atomic E-state index is 11.3. The van der Waals surface area contributed by atoms with Gasteiger partial charge in [0, 0.05) is 12.3 Å². The van der Waals surface area contributed by atoms with E-state index in [-0.39, 0.29) is 17.7 Å². The molecule has 0 rings (SSSR count). The second-order valence-corrected chi connectivity index (χ2v) is 5.05. The lowest BCUT2D eigenvalue weighted by Crippen LogP contribution is -2.39. The molecule has 0 aromatic rings. The SMILES string of the molecule is C=CC.CC(C)(C)CC(CC(N)=O)C(=O)NN. The number of carbonyl (C=O) groups excluding carboxylic acids is 2. The van der Waals surface area contributed by atoms with Gasteiger partial charge in [-0.15, -0.1) is 6.58 Å². The fourth-order valence-corrected chi connectivity index (χ4v) is 1.36. The van der Waals surface area contributed by atoms with Crippen LogP contribution in [0.3, 0.4) is 0 Å². The molecule has 0 saturated carbocycles. The first-order valence-electron chi connectivity index (χ1n) is 5.53. The largest absolute Gasteiger partial charge is 0.370 e. The molecule has 0 aliphatic heterocycles. The fraction of sp³-hybridized carbons (Fsp3) is 0.667. The van der Waals surface area contributed by atoms with Crippen molar-refractivity contribution in [2.24, 2.45) is 22.9 Å². The Morgan fingerprint density at radius 2 is 1.82 bits per heavy atom. The van der Waals surface area contributed by atoms with Crippen LogP contribution in [-0.4, -0.2) is 11.8 Å². The molecule has 1 unspecified atom stereocenters. The third kappa shape index (κ3) is 12.6. The molecular formula is C12H25N3O2. The Kier molecular flexibility index (Phi) is 9.28. The summed E-state index contributed by atoms with van der Waals surface area (Å²) >= 11 is 0. The van der Waals surface area contributed by atoms with Crippen LogP contribution in [0.15, 0.2) is 12.7 Å². The summed E-state index contributed by atoms with van der Waals surface area (Å²) in [6.07, 6.45) is 2.37. The van der Waals surface area contributed by atoms with Crippen LogP contribution in [0, 0.1) is 11.3 Å². The highest BCUT2D eigenvalue weighted by Gasteiger charge is 2.25. The van der Waals surface area contributed by atoms with Crippen LogP contribution in [0.1, 0.15) is 40.5 Å². The Balaban J connectivity index is 0. The minimum Gasteiger partial charge on any atom is -0.370 e. The number of hydrogen-bond acceptors (Lipinski definition) is 3. The molecule has 5 nitrogen and oxygen atoms in total. The lowest BCUT2D eigenvalue weighted by atomic mass is 9.83. The predicted octanol–water partition coefficient (Wildman–Crippen LogP) is 1.10. The van der Waals surface area contributed by atoms with Crippen LogP contribution >= 0.6 is 0 Å². The molecule has 17 heavy (non-hydrogen) atoms. The van der Waals surface area contributed by atoms with Gasteiger partial charge in [-0.3, -0.25) is 15.0 Å². The maximum atomic E-state index is 11.3. The second-order valence-electron chi connectivity index (χ2n) is 5.05. The van der Waals surface area contributed by atoms with Crippen LogP contribution in [0.4, 0.5) is 0 Å². The van der Waals surface area contributed by atoms with Crippen molar-refractivity contribution in [3.8, 4) is 0 Å². The molecule has 0 bridgehead atoms. The Morgan fingerprint density at radius 1 is 1.41 bits per heavy atom. The quantitative estimate of drug-likeness (QED) is 0.298. The standard InChI is InChI=1S/C9H19N3O2.C3H6/c1-9(2,3)5-6(4-7(10)13)8(14)12-11;1-3-2/h6H,4-5,11H2,1-3H3,(H2,10,13)(H,12,14);3H,1H2,2H3. The van der Waals surface area contributed by atoms with Gasteiger partial charge in [0.1, 0.15) is 0 Å². The molecule has 100 valence electrons. The average molecular weight is 243 g/mol. The number of hydrogen-bond donors (Lipinski definition) is 3. The smallest absolute Gasteiger partial charge is 0.237 e. The first-order valence-corrected chi connectivity index (χ1v) is 5.53. The van der Waals surface area contributed by atoms with Crippen LogP contribution in [0.5, 0.6) is 0 Å². The van der Waals surface area contributed by atoms with Crippen molar-refractivity contribution in [2.75, 3.05) is 0 Å². The van der Waals surface area contributed by atoms with Gasteiger partial charge >= 0.3 is 0 Å². The van der Waals surface area contributed by atoms with Crippen molar-refractivity contribution < 1.29 is 9.59 Å². The lowest BCUT2D eigenvalue weighted by molar-refractivity contribution is -0.130. The summed E-state index contributed by atoms with van der Waals surface area (Å²) in [5, 5.41) is 0. The Labute approximate surface area is 104 Å². The lowest BCUT2D eigenvalue weighted by Gasteiger charge is -2.23. The number of rotatable bonds is 4. The van der Waals surface area contributed by atoms with Crippen molar-refractivity contribution in [1.82, 2.24) is 5.43 Å². The maximum Gasteiger partial charge on any atom is 0.237 e. The van der Waals surface area contributed by atoms with E-state index in [1.54, 1.807) is 6.08 Å². The highest BCUT2D eigenvalue weighted by molar-refractivity contribution is 5.84. The molecular weight excluding hydrogens is 218 g/mol. The van der Waals surface area contributed by atoms with Gasteiger partial charge in [0.15, 0.2) is 0 Å². The van der Waals surface area contributed by atoms with E-state index in [1.165, 1.54) is 0 Å². The van der Waals surface area contributed by atoms with Gasteiger partial charge in [0.2, 0.25) is 11.8 Å². The van der Waals surface area contributed by atoms with E-state index in [0.717, 1.165) is 0 Å². The molecule has 1 atom stereocenters. The fourth-order valence-electron chi connectivity index (χ4n) is 1.36. The Bertz CT molecular complexity index is 257. The van der Waals surface area contributed by atoms with Crippen molar-refractivity contribution in [1.29, 1.82) is 0 Å². The minimum absolute atomic E-state index is 0.0351. The minimum atomic E-state index is -0.483. The summed E-state index contributed by atoms with van der Waals surface area (Å²) in [6, 6.07) is 0. The second kappa shape index (κ2) is 8.75. The van der Waals surface area contributed by atoms with Crippen LogP contribution in [0.2, 0.25) is 0 Å². The van der Waals surface area contributed by atoms with E-state index in [4.69, 9.17) is 11.6 Å². The number of hydrazine groups is 1. The van der Waals surface area contributed by atoms with Crippen molar-refractivity contribution in [3.05, 3.63) is 12.7 Å². The van der Waals surface area contributed by atoms with E-state index in [9.17, 15) is 9.59 Å². The number of allylic oxidation sites excluding steroid dienone is 1. The van der Waals surface area contributed by atoms with Gasteiger partial charge in [-0.25, -0.2) is 5.84 Å². The molecule has 0 fully saturated rings. The molecule has 0 aromatic heterocycles. The highest BCUT2D eigenvalue weighted by Crippen LogP contribution is 2.26. The highest BCUT2D eigenvalue weighted by atomic mass is 16.2. The van der Waals surface area contributed by atoms with E-state index in [0.29, 0.717) is 6.42 Å². The van der Waals surface area contributed by atoms with Gasteiger partial charge < -0.3 is 5.73 Å².